The summed E-state index contributed by atoms with van der Waals surface area (Å²) in [5, 5.41) is 3.70. The number of aryl methyl sites for hydroxylation is 2. The molecule has 0 atom stereocenters. The Kier molecular flexibility index (Phi) is 5.19. The predicted octanol–water partition coefficient (Wildman–Crippen LogP) is 4.36. The lowest BCUT2D eigenvalue weighted by atomic mass is 10.1. The number of carbonyl (C=O) groups is 1. The van der Waals surface area contributed by atoms with Gasteiger partial charge in [0.1, 0.15) is 11.3 Å². The van der Waals surface area contributed by atoms with E-state index in [1.54, 1.807) is 12.1 Å². The number of nitrogens with one attached hydrogen (secondary N) is 1. The van der Waals surface area contributed by atoms with Crippen molar-refractivity contribution in [1.82, 2.24) is 0 Å². The van der Waals surface area contributed by atoms with Crippen LogP contribution in [-0.2, 0) is 21.1 Å². The number of anilines is 1. The molecule has 6 heteroatoms. The molecule has 3 aromatic rings. The summed E-state index contributed by atoms with van der Waals surface area (Å²) in [6, 6.07) is 12.4. The number of hydrogen-bond acceptors (Lipinski definition) is 4. The van der Waals surface area contributed by atoms with Crippen molar-refractivity contribution in [3.63, 3.8) is 0 Å². The van der Waals surface area contributed by atoms with E-state index >= 15 is 0 Å². The van der Waals surface area contributed by atoms with Crippen LogP contribution in [0.5, 0.6) is 0 Å². The largest absolute Gasteiger partial charge is 0.460 e. The van der Waals surface area contributed by atoms with Crippen molar-refractivity contribution in [1.29, 1.82) is 0 Å². The molecule has 2 aromatic carbocycles. The molecular weight excluding hydrogens is 362 g/mol. The average Bonchev–Trinajstić information content (AvgIpc) is 2.98. The first-order valence-corrected chi connectivity index (χ1v) is 10.5. The van der Waals surface area contributed by atoms with Gasteiger partial charge in [0.05, 0.1) is 4.90 Å². The Labute approximate surface area is 158 Å². The van der Waals surface area contributed by atoms with Crippen LogP contribution < -0.4 is 5.32 Å². The number of carbonyl (C=O) groups excluding carboxylic acids is 1. The normalized spacial score (nSPS) is 12.0. The third-order valence-corrected chi connectivity index (χ3v) is 5.44. The molecule has 0 saturated carbocycles. The zero-order valence-electron chi connectivity index (χ0n) is 15.4. The van der Waals surface area contributed by atoms with Crippen molar-refractivity contribution in [3.05, 3.63) is 65.4 Å². The van der Waals surface area contributed by atoms with Gasteiger partial charge in [0.15, 0.2) is 9.84 Å². The summed E-state index contributed by atoms with van der Waals surface area (Å²) in [4.78, 5) is 12.5. The van der Waals surface area contributed by atoms with Crippen molar-refractivity contribution in [2.75, 3.05) is 11.6 Å². The van der Waals surface area contributed by atoms with E-state index in [0.717, 1.165) is 34.1 Å². The smallest absolute Gasteiger partial charge is 0.248 e. The quantitative estimate of drug-likeness (QED) is 0.664. The first-order chi connectivity index (χ1) is 12.8. The fourth-order valence-electron chi connectivity index (χ4n) is 2.86. The second-order valence-electron chi connectivity index (χ2n) is 6.36. The third kappa shape index (κ3) is 4.11. The third-order valence-electron chi connectivity index (χ3n) is 4.33. The molecule has 27 heavy (non-hydrogen) atoms. The highest BCUT2D eigenvalue weighted by atomic mass is 32.2. The summed E-state index contributed by atoms with van der Waals surface area (Å²) < 4.78 is 29.3. The van der Waals surface area contributed by atoms with E-state index in [9.17, 15) is 13.2 Å². The Morgan fingerprint density at radius 2 is 1.93 bits per heavy atom. The van der Waals surface area contributed by atoms with Gasteiger partial charge in [0.2, 0.25) is 5.91 Å². The molecule has 0 unspecified atom stereocenters. The van der Waals surface area contributed by atoms with E-state index in [1.165, 1.54) is 18.2 Å². The number of amides is 1. The van der Waals surface area contributed by atoms with Crippen LogP contribution in [0, 0.1) is 6.92 Å². The van der Waals surface area contributed by atoms with Crippen LogP contribution in [0.2, 0.25) is 0 Å². The van der Waals surface area contributed by atoms with Gasteiger partial charge in [0.25, 0.3) is 0 Å². The van der Waals surface area contributed by atoms with Gasteiger partial charge in [-0.05, 0) is 36.8 Å². The number of hydrogen-bond donors (Lipinski definition) is 1. The Bertz CT molecular complexity index is 1140. The lowest BCUT2D eigenvalue weighted by Gasteiger charge is -2.08. The summed E-state index contributed by atoms with van der Waals surface area (Å²) >= 11 is 0. The van der Waals surface area contributed by atoms with Crippen molar-refractivity contribution in [2.45, 2.75) is 25.2 Å². The van der Waals surface area contributed by atoms with E-state index < -0.39 is 9.84 Å². The topological polar surface area (TPSA) is 76.4 Å². The van der Waals surface area contributed by atoms with Crippen molar-refractivity contribution in [3.8, 4) is 0 Å². The highest BCUT2D eigenvalue weighted by molar-refractivity contribution is 7.90. The van der Waals surface area contributed by atoms with E-state index in [1.807, 2.05) is 38.1 Å². The number of sulfone groups is 1. The van der Waals surface area contributed by atoms with Gasteiger partial charge in [-0.25, -0.2) is 8.42 Å². The molecule has 3 rings (SSSR count). The molecule has 1 aromatic heterocycles. The first kappa shape index (κ1) is 18.9. The van der Waals surface area contributed by atoms with E-state index in [0.29, 0.717) is 12.1 Å². The van der Waals surface area contributed by atoms with Crippen molar-refractivity contribution in [2.24, 2.45) is 0 Å². The predicted molar refractivity (Wildman–Crippen MR) is 108 cm³/mol. The summed E-state index contributed by atoms with van der Waals surface area (Å²) in [6.07, 6.45) is 5.02. The summed E-state index contributed by atoms with van der Waals surface area (Å²) in [5.41, 5.74) is 2.92. The zero-order valence-corrected chi connectivity index (χ0v) is 16.3. The number of furan rings is 1. The van der Waals surface area contributed by atoms with Crippen LogP contribution in [0.25, 0.3) is 17.0 Å². The van der Waals surface area contributed by atoms with Crippen LogP contribution in [-0.4, -0.2) is 20.6 Å². The molecule has 0 aliphatic carbocycles. The van der Waals surface area contributed by atoms with Gasteiger partial charge in [-0.3, -0.25) is 4.79 Å². The summed E-state index contributed by atoms with van der Waals surface area (Å²) in [5.74, 6) is 0.478. The SMILES string of the molecule is CCc1oc2ccccc2c1/C=C/C(=O)Nc1cc(S(C)(=O)=O)ccc1C. The van der Waals surface area contributed by atoms with Crippen LogP contribution in [0.4, 0.5) is 5.69 Å². The molecule has 140 valence electrons. The average molecular weight is 383 g/mol. The minimum Gasteiger partial charge on any atom is -0.460 e. The maximum Gasteiger partial charge on any atom is 0.248 e. The van der Waals surface area contributed by atoms with Gasteiger partial charge in [-0.15, -0.1) is 0 Å². The fraction of sp³-hybridized carbons (Fsp3) is 0.190. The molecule has 0 radical (unpaired) electrons. The Hall–Kier alpha value is -2.86. The Morgan fingerprint density at radius 3 is 2.63 bits per heavy atom. The van der Waals surface area contributed by atoms with Crippen LogP contribution in [0.1, 0.15) is 23.8 Å². The molecular formula is C21H21NO4S. The standard InChI is InChI=1S/C21H21NO4S/c1-4-19-17(16-7-5-6-8-20(16)26-19)11-12-21(23)22-18-13-15(27(3,24)25)10-9-14(18)2/h5-13H,4H2,1-3H3,(H,22,23)/b12-11+. The van der Waals surface area contributed by atoms with E-state index in [-0.39, 0.29) is 10.8 Å². The molecule has 5 nitrogen and oxygen atoms in total. The molecule has 0 saturated heterocycles. The monoisotopic (exact) mass is 383 g/mol. The number of fused-ring (bicyclic) bond motifs is 1. The van der Waals surface area contributed by atoms with E-state index in [4.69, 9.17) is 4.42 Å². The summed E-state index contributed by atoms with van der Waals surface area (Å²) in [7, 11) is -3.34. The Morgan fingerprint density at radius 1 is 1.19 bits per heavy atom. The maximum absolute atomic E-state index is 12.4. The van der Waals surface area contributed by atoms with Gasteiger partial charge < -0.3 is 9.73 Å². The molecule has 0 aliphatic heterocycles. The molecule has 1 N–H and O–H groups in total. The molecule has 1 heterocycles. The highest BCUT2D eigenvalue weighted by Gasteiger charge is 2.12. The molecule has 1 amide bonds. The van der Waals surface area contributed by atoms with Crippen LogP contribution in [0.15, 0.2) is 57.9 Å². The van der Waals surface area contributed by atoms with Crippen molar-refractivity contribution < 1.29 is 17.6 Å². The molecule has 0 bridgehead atoms. The molecule has 0 spiro atoms. The lowest BCUT2D eigenvalue weighted by molar-refractivity contribution is -0.111. The van der Waals surface area contributed by atoms with Gasteiger partial charge in [-0.1, -0.05) is 31.2 Å². The van der Waals surface area contributed by atoms with Crippen molar-refractivity contribution >= 4 is 38.5 Å². The van der Waals surface area contributed by atoms with Gasteiger partial charge in [-0.2, -0.15) is 0 Å². The number of benzene rings is 2. The number of para-hydroxylation sites is 1. The van der Waals surface area contributed by atoms with Gasteiger partial charge >= 0.3 is 0 Å². The number of rotatable bonds is 5. The minimum atomic E-state index is -3.34. The highest BCUT2D eigenvalue weighted by Crippen LogP contribution is 2.27. The molecule has 0 aliphatic rings. The second kappa shape index (κ2) is 7.40. The first-order valence-electron chi connectivity index (χ1n) is 8.59. The van der Waals surface area contributed by atoms with Crippen LogP contribution >= 0.6 is 0 Å². The second-order valence-corrected chi connectivity index (χ2v) is 8.38. The molecule has 0 fully saturated rings. The minimum absolute atomic E-state index is 0.168. The maximum atomic E-state index is 12.4. The zero-order chi connectivity index (χ0) is 19.6. The summed E-state index contributed by atoms with van der Waals surface area (Å²) in [6.45, 7) is 3.80. The van der Waals surface area contributed by atoms with E-state index in [2.05, 4.69) is 5.32 Å². The fourth-order valence-corrected chi connectivity index (χ4v) is 3.51. The lowest BCUT2D eigenvalue weighted by Crippen LogP contribution is -2.10. The van der Waals surface area contributed by atoms with Gasteiger partial charge in [0, 0.05) is 35.4 Å². The van der Waals surface area contributed by atoms with Crippen LogP contribution in [0.3, 0.4) is 0 Å². The Balaban J connectivity index is 1.87.